The zero-order valence-corrected chi connectivity index (χ0v) is 14.6. The topological polar surface area (TPSA) is 46.6 Å². The minimum atomic E-state index is -3.30. The van der Waals surface area contributed by atoms with E-state index in [9.17, 15) is 8.42 Å². The second-order valence-corrected chi connectivity index (χ2v) is 7.80. The SMILES string of the molecule is COc1ccccc1CC(C)N(C)S(=O)(=O)CC(C)CCl. The van der Waals surface area contributed by atoms with E-state index in [0.717, 1.165) is 11.3 Å². The molecule has 0 aliphatic carbocycles. The van der Waals surface area contributed by atoms with Crippen molar-refractivity contribution in [3.8, 4) is 5.75 Å². The lowest BCUT2D eigenvalue weighted by Crippen LogP contribution is -2.39. The second kappa shape index (κ2) is 8.01. The summed E-state index contributed by atoms with van der Waals surface area (Å²) in [5.41, 5.74) is 1.000. The van der Waals surface area contributed by atoms with Gasteiger partial charge in [0.15, 0.2) is 0 Å². The molecular weight excluding hydrogens is 310 g/mol. The van der Waals surface area contributed by atoms with Crippen molar-refractivity contribution in [2.24, 2.45) is 5.92 Å². The highest BCUT2D eigenvalue weighted by Crippen LogP contribution is 2.21. The summed E-state index contributed by atoms with van der Waals surface area (Å²) < 4.78 is 31.4. The van der Waals surface area contributed by atoms with Gasteiger partial charge < -0.3 is 4.74 Å². The molecule has 0 aromatic heterocycles. The largest absolute Gasteiger partial charge is 0.496 e. The first-order valence-corrected chi connectivity index (χ1v) is 9.09. The Morgan fingerprint density at radius 3 is 2.48 bits per heavy atom. The van der Waals surface area contributed by atoms with Crippen molar-refractivity contribution in [2.45, 2.75) is 26.3 Å². The summed E-state index contributed by atoms with van der Waals surface area (Å²) >= 11 is 5.71. The van der Waals surface area contributed by atoms with Crippen molar-refractivity contribution in [1.82, 2.24) is 4.31 Å². The summed E-state index contributed by atoms with van der Waals surface area (Å²) in [6, 6.07) is 7.52. The van der Waals surface area contributed by atoms with Crippen LogP contribution in [0.25, 0.3) is 0 Å². The predicted molar refractivity (Wildman–Crippen MR) is 87.6 cm³/mol. The van der Waals surface area contributed by atoms with Crippen LogP contribution in [0.1, 0.15) is 19.4 Å². The normalized spacial score (nSPS) is 15.0. The van der Waals surface area contributed by atoms with Gasteiger partial charge in [0.25, 0.3) is 0 Å². The highest BCUT2D eigenvalue weighted by molar-refractivity contribution is 7.89. The van der Waals surface area contributed by atoms with Crippen LogP contribution in [0.3, 0.4) is 0 Å². The number of likely N-dealkylation sites (N-methyl/N-ethyl adjacent to an activating group) is 1. The Kier molecular flexibility index (Phi) is 6.97. The Morgan fingerprint density at radius 1 is 1.29 bits per heavy atom. The Morgan fingerprint density at radius 2 is 1.90 bits per heavy atom. The minimum absolute atomic E-state index is 0.0578. The Hall–Kier alpha value is -0.780. The first-order chi connectivity index (χ1) is 9.81. The van der Waals surface area contributed by atoms with Crippen LogP contribution < -0.4 is 4.74 Å². The summed E-state index contributed by atoms with van der Waals surface area (Å²) in [4.78, 5) is 0. The number of hydrogen-bond acceptors (Lipinski definition) is 3. The highest BCUT2D eigenvalue weighted by Gasteiger charge is 2.25. The van der Waals surface area contributed by atoms with E-state index >= 15 is 0 Å². The van der Waals surface area contributed by atoms with Gasteiger partial charge in [0, 0.05) is 19.0 Å². The van der Waals surface area contributed by atoms with Crippen LogP contribution >= 0.6 is 11.6 Å². The van der Waals surface area contributed by atoms with Crippen LogP contribution in [-0.4, -0.2) is 44.6 Å². The zero-order valence-electron chi connectivity index (χ0n) is 13.0. The predicted octanol–water partition coefficient (Wildman–Crippen LogP) is 2.76. The minimum Gasteiger partial charge on any atom is -0.496 e. The molecule has 6 heteroatoms. The van der Waals surface area contributed by atoms with Gasteiger partial charge in [-0.05, 0) is 30.9 Å². The standard InChI is InChI=1S/C15H24ClNO3S/c1-12(10-16)11-21(18,19)17(3)13(2)9-14-7-5-6-8-15(14)20-4/h5-8,12-13H,9-11H2,1-4H3. The van der Waals surface area contributed by atoms with Crippen molar-refractivity contribution in [3.05, 3.63) is 29.8 Å². The molecule has 2 unspecified atom stereocenters. The maximum atomic E-state index is 12.3. The fraction of sp³-hybridized carbons (Fsp3) is 0.600. The van der Waals surface area contributed by atoms with E-state index < -0.39 is 10.0 Å². The summed E-state index contributed by atoms with van der Waals surface area (Å²) in [6.07, 6.45) is 0.606. The number of sulfonamides is 1. The van der Waals surface area contributed by atoms with Crippen molar-refractivity contribution in [2.75, 3.05) is 25.8 Å². The van der Waals surface area contributed by atoms with Crippen molar-refractivity contribution in [1.29, 1.82) is 0 Å². The number of rotatable bonds is 8. The molecule has 1 aromatic carbocycles. The van der Waals surface area contributed by atoms with E-state index in [1.165, 1.54) is 4.31 Å². The number of para-hydroxylation sites is 1. The molecule has 0 spiro atoms. The molecule has 120 valence electrons. The number of benzene rings is 1. The zero-order chi connectivity index (χ0) is 16.0. The molecule has 0 heterocycles. The molecule has 0 saturated heterocycles. The molecule has 21 heavy (non-hydrogen) atoms. The third-order valence-corrected chi connectivity index (χ3v) is 6.28. The fourth-order valence-electron chi connectivity index (χ4n) is 2.11. The van der Waals surface area contributed by atoms with Crippen LogP contribution in [0, 0.1) is 5.92 Å². The second-order valence-electron chi connectivity index (χ2n) is 5.42. The van der Waals surface area contributed by atoms with E-state index in [4.69, 9.17) is 16.3 Å². The molecule has 1 rings (SSSR count). The molecule has 0 amide bonds. The molecule has 0 aliphatic rings. The number of ether oxygens (including phenoxy) is 1. The van der Waals surface area contributed by atoms with Crippen molar-refractivity contribution >= 4 is 21.6 Å². The van der Waals surface area contributed by atoms with E-state index in [1.807, 2.05) is 38.1 Å². The van der Waals surface area contributed by atoms with E-state index in [-0.39, 0.29) is 17.7 Å². The molecule has 1 aromatic rings. The summed E-state index contributed by atoms with van der Waals surface area (Å²) in [5.74, 6) is 1.14. The molecule has 0 fully saturated rings. The van der Waals surface area contributed by atoms with E-state index in [0.29, 0.717) is 12.3 Å². The maximum absolute atomic E-state index is 12.3. The molecule has 0 N–H and O–H groups in total. The van der Waals surface area contributed by atoms with Crippen LogP contribution in [0.2, 0.25) is 0 Å². The van der Waals surface area contributed by atoms with Crippen LogP contribution in [0.15, 0.2) is 24.3 Å². The lowest BCUT2D eigenvalue weighted by Gasteiger charge is -2.26. The fourth-order valence-corrected chi connectivity index (χ4v) is 4.05. The molecule has 0 radical (unpaired) electrons. The van der Waals surface area contributed by atoms with Gasteiger partial charge in [0.05, 0.1) is 12.9 Å². The van der Waals surface area contributed by atoms with Gasteiger partial charge in [-0.1, -0.05) is 25.1 Å². The smallest absolute Gasteiger partial charge is 0.214 e. The van der Waals surface area contributed by atoms with Gasteiger partial charge in [-0.2, -0.15) is 0 Å². The lowest BCUT2D eigenvalue weighted by molar-refractivity contribution is 0.371. The number of nitrogens with zero attached hydrogens (tertiary/aromatic N) is 1. The average molecular weight is 334 g/mol. The molecule has 4 nitrogen and oxygen atoms in total. The van der Waals surface area contributed by atoms with Crippen molar-refractivity contribution < 1.29 is 13.2 Å². The van der Waals surface area contributed by atoms with E-state index in [1.54, 1.807) is 14.2 Å². The van der Waals surface area contributed by atoms with E-state index in [2.05, 4.69) is 0 Å². The molecule has 2 atom stereocenters. The first kappa shape index (κ1) is 18.3. The number of hydrogen-bond donors (Lipinski definition) is 0. The number of methoxy groups -OCH3 is 1. The maximum Gasteiger partial charge on any atom is 0.214 e. The van der Waals surface area contributed by atoms with Gasteiger partial charge in [-0.15, -0.1) is 11.6 Å². The van der Waals surface area contributed by atoms with Gasteiger partial charge in [0.1, 0.15) is 5.75 Å². The summed E-state index contributed by atoms with van der Waals surface area (Å²) in [6.45, 7) is 3.73. The summed E-state index contributed by atoms with van der Waals surface area (Å²) in [5, 5.41) is 0. The number of alkyl halides is 1. The Labute approximate surface area is 133 Å². The lowest BCUT2D eigenvalue weighted by atomic mass is 10.1. The van der Waals surface area contributed by atoms with Crippen LogP contribution in [-0.2, 0) is 16.4 Å². The first-order valence-electron chi connectivity index (χ1n) is 6.95. The molecule has 0 bridgehead atoms. The van der Waals surface area contributed by atoms with Gasteiger partial charge >= 0.3 is 0 Å². The quantitative estimate of drug-likeness (QED) is 0.687. The van der Waals surface area contributed by atoms with Crippen LogP contribution in [0.5, 0.6) is 5.75 Å². The summed E-state index contributed by atoms with van der Waals surface area (Å²) in [7, 11) is -0.0639. The number of halogens is 1. The monoisotopic (exact) mass is 333 g/mol. The average Bonchev–Trinajstić information content (AvgIpc) is 2.46. The van der Waals surface area contributed by atoms with Crippen LogP contribution in [0.4, 0.5) is 0 Å². The van der Waals surface area contributed by atoms with Gasteiger partial charge in [0.2, 0.25) is 10.0 Å². The molecular formula is C15H24ClNO3S. The Balaban J connectivity index is 2.81. The third kappa shape index (κ3) is 5.16. The van der Waals surface area contributed by atoms with Gasteiger partial charge in [-0.3, -0.25) is 0 Å². The molecule has 0 saturated carbocycles. The third-order valence-electron chi connectivity index (χ3n) is 3.53. The molecule has 0 aliphatic heterocycles. The highest BCUT2D eigenvalue weighted by atomic mass is 35.5. The van der Waals surface area contributed by atoms with Crippen molar-refractivity contribution in [3.63, 3.8) is 0 Å². The Bertz CT molecular complexity index is 548. The van der Waals surface area contributed by atoms with Gasteiger partial charge in [-0.25, -0.2) is 12.7 Å².